The average molecular weight is 487 g/mol. The number of hydrogen-bond acceptors (Lipinski definition) is 7. The lowest BCUT2D eigenvalue weighted by Crippen LogP contribution is -2.41. The second kappa shape index (κ2) is 8.03. The molecule has 1 aliphatic heterocycles. The Morgan fingerprint density at radius 1 is 1.16 bits per heavy atom. The second-order valence-corrected chi connectivity index (χ2v) is 7.86. The molecule has 1 N–H and O–H groups in total. The van der Waals surface area contributed by atoms with Gasteiger partial charge in [0.05, 0.1) is 19.8 Å². The van der Waals surface area contributed by atoms with Gasteiger partial charge < -0.3 is 19.3 Å². The Labute approximate surface area is 186 Å². The van der Waals surface area contributed by atoms with Crippen molar-refractivity contribution in [3.63, 3.8) is 0 Å². The minimum Gasteiger partial charge on any atom is -0.497 e. The number of ether oxygens (including phenoxy) is 2. The Morgan fingerprint density at radius 2 is 1.94 bits per heavy atom. The van der Waals surface area contributed by atoms with Crippen LogP contribution in [0.25, 0.3) is 11.4 Å². The lowest BCUT2D eigenvalue weighted by molar-refractivity contribution is -0.131. The van der Waals surface area contributed by atoms with E-state index in [0.717, 1.165) is 9.37 Å². The fourth-order valence-electron chi connectivity index (χ4n) is 3.44. The first kappa shape index (κ1) is 20.9. The van der Waals surface area contributed by atoms with Crippen molar-refractivity contribution in [3.05, 3.63) is 58.4 Å². The van der Waals surface area contributed by atoms with Crippen LogP contribution < -0.4 is 14.8 Å². The zero-order valence-corrected chi connectivity index (χ0v) is 18.6. The molecule has 31 heavy (non-hydrogen) atoms. The highest BCUT2D eigenvalue weighted by Gasteiger charge is 2.50. The molecule has 160 valence electrons. The zero-order chi connectivity index (χ0) is 22.2. The third-order valence-electron chi connectivity index (χ3n) is 5.10. The molecule has 10 heteroatoms. The number of amides is 3. The lowest BCUT2D eigenvalue weighted by Gasteiger charge is -2.23. The van der Waals surface area contributed by atoms with E-state index >= 15 is 0 Å². The second-order valence-electron chi connectivity index (χ2n) is 7.00. The highest BCUT2D eigenvalue weighted by molar-refractivity contribution is 9.10. The summed E-state index contributed by atoms with van der Waals surface area (Å²) in [6.45, 7) is 1.50. The molecular formula is C21H19BrN4O5. The molecule has 1 aliphatic rings. The van der Waals surface area contributed by atoms with Crippen molar-refractivity contribution in [2.24, 2.45) is 0 Å². The predicted octanol–water partition coefficient (Wildman–Crippen LogP) is 3.48. The molecule has 0 spiro atoms. The Morgan fingerprint density at radius 3 is 2.65 bits per heavy atom. The molecule has 0 aliphatic carbocycles. The number of halogens is 1. The molecule has 0 saturated carbocycles. The molecule has 0 bridgehead atoms. The number of carbonyl (C=O) groups excluding carboxylic acids is 2. The van der Waals surface area contributed by atoms with E-state index < -0.39 is 17.5 Å². The van der Waals surface area contributed by atoms with Crippen LogP contribution in [0.1, 0.15) is 18.4 Å². The summed E-state index contributed by atoms with van der Waals surface area (Å²) in [6, 6.07) is 11.9. The maximum atomic E-state index is 13.1. The minimum absolute atomic E-state index is 0.118. The Bertz CT molecular complexity index is 1160. The maximum absolute atomic E-state index is 13.1. The molecule has 9 nitrogen and oxygen atoms in total. The quantitative estimate of drug-likeness (QED) is 0.531. The number of carbonyl (C=O) groups is 2. The third kappa shape index (κ3) is 3.63. The number of nitrogens with zero attached hydrogens (tertiary/aromatic N) is 3. The topological polar surface area (TPSA) is 107 Å². The summed E-state index contributed by atoms with van der Waals surface area (Å²) in [5.41, 5.74) is 0.0396. The first-order valence-electron chi connectivity index (χ1n) is 9.31. The lowest BCUT2D eigenvalue weighted by atomic mass is 9.92. The van der Waals surface area contributed by atoms with Crippen LogP contribution in [0.2, 0.25) is 0 Å². The van der Waals surface area contributed by atoms with Crippen LogP contribution in [-0.2, 0) is 16.9 Å². The summed E-state index contributed by atoms with van der Waals surface area (Å²) in [7, 11) is 3.08. The van der Waals surface area contributed by atoms with Gasteiger partial charge in [0.15, 0.2) is 0 Å². The Balaban J connectivity index is 1.59. The minimum atomic E-state index is -1.21. The number of imide groups is 1. The van der Waals surface area contributed by atoms with Gasteiger partial charge in [-0.25, -0.2) is 4.79 Å². The van der Waals surface area contributed by atoms with E-state index in [9.17, 15) is 9.59 Å². The average Bonchev–Trinajstić information content (AvgIpc) is 3.32. The summed E-state index contributed by atoms with van der Waals surface area (Å²) in [4.78, 5) is 31.1. The first-order valence-corrected chi connectivity index (χ1v) is 10.1. The molecule has 2 aromatic carbocycles. The summed E-state index contributed by atoms with van der Waals surface area (Å²) < 4.78 is 16.6. The first-order chi connectivity index (χ1) is 14.9. The highest BCUT2D eigenvalue weighted by atomic mass is 79.9. The van der Waals surface area contributed by atoms with Gasteiger partial charge in [0.2, 0.25) is 11.7 Å². The zero-order valence-electron chi connectivity index (χ0n) is 17.0. The fraction of sp³-hybridized carbons (Fsp3) is 0.238. The normalized spacial score (nSPS) is 18.3. The summed E-state index contributed by atoms with van der Waals surface area (Å²) in [5.74, 6) is 1.10. The van der Waals surface area contributed by atoms with Crippen molar-refractivity contribution < 1.29 is 23.6 Å². The number of benzene rings is 2. The highest BCUT2D eigenvalue weighted by Crippen LogP contribution is 2.35. The Hall–Kier alpha value is -3.40. The van der Waals surface area contributed by atoms with Crippen LogP contribution >= 0.6 is 15.9 Å². The molecule has 1 aromatic heterocycles. The number of hydrogen-bond donors (Lipinski definition) is 1. The van der Waals surface area contributed by atoms with Gasteiger partial charge in [0.25, 0.3) is 5.91 Å². The van der Waals surface area contributed by atoms with Crippen molar-refractivity contribution in [1.82, 2.24) is 20.4 Å². The van der Waals surface area contributed by atoms with Crippen molar-refractivity contribution in [2.45, 2.75) is 19.0 Å². The molecule has 3 amide bonds. The fourth-order valence-corrected chi connectivity index (χ4v) is 4.12. The van der Waals surface area contributed by atoms with Gasteiger partial charge in [0, 0.05) is 16.1 Å². The van der Waals surface area contributed by atoms with Gasteiger partial charge in [-0.2, -0.15) is 4.98 Å². The van der Waals surface area contributed by atoms with Crippen LogP contribution in [0.4, 0.5) is 4.79 Å². The van der Waals surface area contributed by atoms with E-state index in [2.05, 4.69) is 31.4 Å². The number of methoxy groups -OCH3 is 2. The van der Waals surface area contributed by atoms with Gasteiger partial charge in [-0.3, -0.25) is 9.69 Å². The SMILES string of the molecule is COc1ccc(-c2noc(CN3C(=O)NC(C)(c4ccccc4Br)C3=O)n2)c(OC)c1. The van der Waals surface area contributed by atoms with Crippen molar-refractivity contribution in [1.29, 1.82) is 0 Å². The van der Waals surface area contributed by atoms with Gasteiger partial charge >= 0.3 is 6.03 Å². The molecule has 3 aromatic rings. The maximum Gasteiger partial charge on any atom is 0.325 e. The van der Waals surface area contributed by atoms with E-state index in [1.807, 2.05) is 12.1 Å². The predicted molar refractivity (Wildman–Crippen MR) is 113 cm³/mol. The van der Waals surface area contributed by atoms with Crippen molar-refractivity contribution in [3.8, 4) is 22.9 Å². The van der Waals surface area contributed by atoms with Crippen LogP contribution in [0.5, 0.6) is 11.5 Å². The van der Waals surface area contributed by atoms with Crippen molar-refractivity contribution >= 4 is 27.9 Å². The van der Waals surface area contributed by atoms with E-state index in [1.54, 1.807) is 44.4 Å². The monoisotopic (exact) mass is 486 g/mol. The smallest absolute Gasteiger partial charge is 0.325 e. The van der Waals surface area contributed by atoms with E-state index in [4.69, 9.17) is 14.0 Å². The summed E-state index contributed by atoms with van der Waals surface area (Å²) in [6.07, 6.45) is 0. The molecular weight excluding hydrogens is 468 g/mol. The standard InChI is InChI=1S/C21H19BrN4O5/c1-21(14-6-4-5-7-15(14)22)19(27)26(20(28)24-21)11-17-23-18(25-31-17)13-9-8-12(29-2)10-16(13)30-3/h4-10H,11H2,1-3H3,(H,24,28). The molecule has 0 radical (unpaired) electrons. The van der Waals surface area contributed by atoms with Gasteiger partial charge in [-0.05, 0) is 25.1 Å². The van der Waals surface area contributed by atoms with Crippen LogP contribution in [0.3, 0.4) is 0 Å². The molecule has 1 unspecified atom stereocenters. The van der Waals surface area contributed by atoms with Crippen LogP contribution in [0, 0.1) is 0 Å². The molecule has 4 rings (SSSR count). The van der Waals surface area contributed by atoms with Crippen LogP contribution in [-0.4, -0.2) is 41.2 Å². The van der Waals surface area contributed by atoms with E-state index in [0.29, 0.717) is 22.6 Å². The number of aromatic nitrogens is 2. The number of rotatable bonds is 6. The van der Waals surface area contributed by atoms with Gasteiger partial charge in [0.1, 0.15) is 23.6 Å². The van der Waals surface area contributed by atoms with Crippen LogP contribution in [0.15, 0.2) is 51.5 Å². The molecule has 1 fully saturated rings. The largest absolute Gasteiger partial charge is 0.497 e. The summed E-state index contributed by atoms with van der Waals surface area (Å²) in [5, 5.41) is 6.73. The van der Waals surface area contributed by atoms with E-state index in [-0.39, 0.29) is 18.3 Å². The molecule has 2 heterocycles. The summed E-state index contributed by atoms with van der Waals surface area (Å²) >= 11 is 3.45. The molecule has 1 atom stereocenters. The van der Waals surface area contributed by atoms with E-state index in [1.165, 1.54) is 7.11 Å². The molecule has 1 saturated heterocycles. The number of urea groups is 1. The third-order valence-corrected chi connectivity index (χ3v) is 5.79. The van der Waals surface area contributed by atoms with Gasteiger partial charge in [-0.15, -0.1) is 0 Å². The van der Waals surface area contributed by atoms with Gasteiger partial charge in [-0.1, -0.05) is 39.3 Å². The number of nitrogens with one attached hydrogen (secondary N) is 1. The Kier molecular flexibility index (Phi) is 5.40. The van der Waals surface area contributed by atoms with Crippen molar-refractivity contribution in [2.75, 3.05) is 14.2 Å².